The van der Waals surface area contributed by atoms with Gasteiger partial charge in [-0.05, 0) is 20.8 Å². The lowest BCUT2D eigenvalue weighted by Crippen LogP contribution is -2.51. The van der Waals surface area contributed by atoms with Gasteiger partial charge in [0.25, 0.3) is 0 Å². The largest absolute Gasteiger partial charge is 0.384 e. The second-order valence-corrected chi connectivity index (χ2v) is 9.65. The van der Waals surface area contributed by atoms with Crippen LogP contribution in [0.4, 0.5) is 0 Å². The zero-order chi connectivity index (χ0) is 21.2. The van der Waals surface area contributed by atoms with Crippen molar-refractivity contribution in [1.82, 2.24) is 28.8 Å². The highest BCUT2D eigenvalue weighted by molar-refractivity contribution is 7.89. The van der Waals surface area contributed by atoms with Crippen molar-refractivity contribution >= 4 is 27.0 Å². The van der Waals surface area contributed by atoms with Crippen molar-refractivity contribution in [3.8, 4) is 0 Å². The number of carbonyl (C=O) groups is 1. The van der Waals surface area contributed by atoms with E-state index < -0.39 is 10.0 Å². The summed E-state index contributed by atoms with van der Waals surface area (Å²) in [5, 5.41) is 9.00. The fourth-order valence-electron chi connectivity index (χ4n) is 3.63. The third kappa shape index (κ3) is 4.62. The van der Waals surface area contributed by atoms with Gasteiger partial charge in [-0.25, -0.2) is 8.42 Å². The smallest absolute Gasteiger partial charge is 0.224 e. The van der Waals surface area contributed by atoms with Crippen molar-refractivity contribution < 1.29 is 17.9 Å². The van der Waals surface area contributed by atoms with Crippen LogP contribution in [0.25, 0.3) is 11.0 Å². The summed E-state index contributed by atoms with van der Waals surface area (Å²) in [6.07, 6.45) is 2.11. The Balaban J connectivity index is 1.57. The molecular formula is C18H30N6O4S. The summed E-state index contributed by atoms with van der Waals surface area (Å²) < 4.78 is 34.5. The van der Waals surface area contributed by atoms with Crippen molar-refractivity contribution in [1.29, 1.82) is 0 Å². The molecule has 0 aliphatic carbocycles. The van der Waals surface area contributed by atoms with Gasteiger partial charge in [0.05, 0.1) is 30.8 Å². The maximum absolute atomic E-state index is 12.6. The van der Waals surface area contributed by atoms with Crippen molar-refractivity contribution in [3.05, 3.63) is 11.9 Å². The van der Waals surface area contributed by atoms with E-state index in [4.69, 9.17) is 4.74 Å². The number of hydrogen-bond acceptors (Lipinski definition) is 6. The number of fused-ring (bicyclic) bond motifs is 1. The minimum absolute atomic E-state index is 0.0106. The van der Waals surface area contributed by atoms with Gasteiger partial charge in [-0.2, -0.15) is 14.5 Å². The van der Waals surface area contributed by atoms with Crippen LogP contribution in [-0.4, -0.2) is 88.7 Å². The second-order valence-electron chi connectivity index (χ2n) is 7.56. The maximum Gasteiger partial charge on any atom is 0.224 e. The van der Waals surface area contributed by atoms with Crippen LogP contribution in [-0.2, 0) is 26.1 Å². The number of rotatable bonds is 8. The number of amides is 1. The van der Waals surface area contributed by atoms with Crippen molar-refractivity contribution in [3.63, 3.8) is 0 Å². The summed E-state index contributed by atoms with van der Waals surface area (Å²) >= 11 is 0. The molecule has 0 aromatic carbocycles. The van der Waals surface area contributed by atoms with Crippen LogP contribution in [0.1, 0.15) is 32.0 Å². The Morgan fingerprint density at radius 3 is 2.55 bits per heavy atom. The first kappa shape index (κ1) is 21.7. The van der Waals surface area contributed by atoms with Gasteiger partial charge >= 0.3 is 0 Å². The Labute approximate surface area is 171 Å². The van der Waals surface area contributed by atoms with Gasteiger partial charge < -0.3 is 9.64 Å². The molecule has 0 saturated carbocycles. The Bertz CT molecular complexity index is 957. The molecule has 2 aromatic heterocycles. The average molecular weight is 427 g/mol. The van der Waals surface area contributed by atoms with E-state index in [2.05, 4.69) is 24.0 Å². The number of ether oxygens (including phenoxy) is 1. The molecular weight excluding hydrogens is 396 g/mol. The van der Waals surface area contributed by atoms with E-state index in [-0.39, 0.29) is 24.3 Å². The SMILES string of the molecule is COCCS(=O)(=O)N1CCN(C(=O)CCn2ncc3c2c(C)nn3C(C)C)CC1. The van der Waals surface area contributed by atoms with Crippen LogP contribution in [0, 0.1) is 6.92 Å². The van der Waals surface area contributed by atoms with Gasteiger partial charge in [0.2, 0.25) is 15.9 Å². The molecule has 0 radical (unpaired) electrons. The second kappa shape index (κ2) is 8.80. The highest BCUT2D eigenvalue weighted by Crippen LogP contribution is 2.21. The summed E-state index contributed by atoms with van der Waals surface area (Å²) in [6.45, 7) is 8.20. The fraction of sp³-hybridized carbons (Fsp3) is 0.722. The number of aromatic nitrogens is 4. The maximum atomic E-state index is 12.6. The van der Waals surface area contributed by atoms with Crippen LogP contribution < -0.4 is 0 Å². The van der Waals surface area contributed by atoms with Crippen LogP contribution in [0.3, 0.4) is 0 Å². The number of sulfonamides is 1. The van der Waals surface area contributed by atoms with Gasteiger partial charge in [-0.3, -0.25) is 14.2 Å². The van der Waals surface area contributed by atoms with Crippen LogP contribution in [0.5, 0.6) is 0 Å². The lowest BCUT2D eigenvalue weighted by Gasteiger charge is -2.34. The molecule has 1 amide bonds. The molecule has 10 nitrogen and oxygen atoms in total. The lowest BCUT2D eigenvalue weighted by molar-refractivity contribution is -0.132. The van der Waals surface area contributed by atoms with E-state index in [9.17, 15) is 13.2 Å². The zero-order valence-corrected chi connectivity index (χ0v) is 18.4. The fourth-order valence-corrected chi connectivity index (χ4v) is 4.99. The highest BCUT2D eigenvalue weighted by atomic mass is 32.2. The molecule has 0 unspecified atom stereocenters. The predicted octanol–water partition coefficient (Wildman–Crippen LogP) is 0.633. The molecule has 2 aromatic rings. The summed E-state index contributed by atoms with van der Waals surface area (Å²) in [4.78, 5) is 14.4. The van der Waals surface area contributed by atoms with E-state index in [0.29, 0.717) is 39.1 Å². The third-order valence-corrected chi connectivity index (χ3v) is 7.06. The summed E-state index contributed by atoms with van der Waals surface area (Å²) in [5.74, 6) is -0.0210. The normalized spacial score (nSPS) is 16.2. The average Bonchev–Trinajstić information content (AvgIpc) is 3.26. The molecule has 0 spiro atoms. The van der Waals surface area contributed by atoms with E-state index in [1.54, 1.807) is 11.1 Å². The first-order valence-electron chi connectivity index (χ1n) is 9.89. The molecule has 1 aliphatic rings. The van der Waals surface area contributed by atoms with E-state index >= 15 is 0 Å². The number of methoxy groups -OCH3 is 1. The minimum Gasteiger partial charge on any atom is -0.384 e. The molecule has 0 bridgehead atoms. The first-order valence-corrected chi connectivity index (χ1v) is 11.5. The van der Waals surface area contributed by atoms with Crippen LogP contribution in [0.2, 0.25) is 0 Å². The zero-order valence-electron chi connectivity index (χ0n) is 17.5. The molecule has 11 heteroatoms. The molecule has 1 saturated heterocycles. The Morgan fingerprint density at radius 2 is 1.93 bits per heavy atom. The van der Waals surface area contributed by atoms with Crippen LogP contribution in [0.15, 0.2) is 6.20 Å². The summed E-state index contributed by atoms with van der Waals surface area (Å²) in [7, 11) is -1.85. The monoisotopic (exact) mass is 426 g/mol. The Kier molecular flexibility index (Phi) is 6.59. The molecule has 3 heterocycles. The Hall–Kier alpha value is -1.98. The Morgan fingerprint density at radius 1 is 1.24 bits per heavy atom. The third-order valence-electron chi connectivity index (χ3n) is 5.22. The molecule has 0 N–H and O–H groups in total. The number of carbonyl (C=O) groups excluding carboxylic acids is 1. The van der Waals surface area contributed by atoms with Crippen molar-refractivity contribution in [2.45, 2.75) is 39.8 Å². The van der Waals surface area contributed by atoms with Crippen molar-refractivity contribution in [2.24, 2.45) is 0 Å². The topological polar surface area (TPSA) is 103 Å². The summed E-state index contributed by atoms with van der Waals surface area (Å²) in [6, 6.07) is 0.238. The van der Waals surface area contributed by atoms with Gasteiger partial charge in [0, 0.05) is 45.8 Å². The standard InChI is InChI=1S/C18H30N6O4S/c1-14(2)24-16-13-19-23(18(16)15(3)20-24)6-5-17(25)21-7-9-22(10-8-21)29(26,27)12-11-28-4/h13-14H,5-12H2,1-4H3. The minimum atomic E-state index is -3.33. The molecule has 29 heavy (non-hydrogen) atoms. The lowest BCUT2D eigenvalue weighted by atomic mass is 10.3. The number of hydrogen-bond donors (Lipinski definition) is 0. The molecule has 1 aliphatic heterocycles. The predicted molar refractivity (Wildman–Crippen MR) is 109 cm³/mol. The van der Waals surface area contributed by atoms with Gasteiger partial charge in [0.15, 0.2) is 0 Å². The highest BCUT2D eigenvalue weighted by Gasteiger charge is 2.28. The first-order chi connectivity index (χ1) is 13.7. The van der Waals surface area contributed by atoms with E-state index in [0.717, 1.165) is 16.7 Å². The molecule has 3 rings (SSSR count). The van der Waals surface area contributed by atoms with Gasteiger partial charge in [0.1, 0.15) is 11.0 Å². The molecule has 1 fully saturated rings. The van der Waals surface area contributed by atoms with Crippen molar-refractivity contribution in [2.75, 3.05) is 45.6 Å². The quantitative estimate of drug-likeness (QED) is 0.614. The van der Waals surface area contributed by atoms with E-state index in [1.165, 1.54) is 11.4 Å². The molecule has 162 valence electrons. The van der Waals surface area contributed by atoms with E-state index in [1.807, 2.05) is 16.3 Å². The van der Waals surface area contributed by atoms with Gasteiger partial charge in [-0.15, -0.1) is 0 Å². The summed E-state index contributed by atoms with van der Waals surface area (Å²) in [5.41, 5.74) is 2.83. The van der Waals surface area contributed by atoms with Gasteiger partial charge in [-0.1, -0.05) is 0 Å². The number of aryl methyl sites for hydroxylation is 2. The molecule has 0 atom stereocenters. The van der Waals surface area contributed by atoms with Crippen LogP contribution >= 0.6 is 0 Å². The number of nitrogens with zero attached hydrogens (tertiary/aromatic N) is 6. The number of piperazine rings is 1.